The van der Waals surface area contributed by atoms with E-state index < -0.39 is 0 Å². The van der Waals surface area contributed by atoms with Gasteiger partial charge in [-0.05, 0) is 84.0 Å². The Balaban J connectivity index is 0.00000353. The molecule has 39 heavy (non-hydrogen) atoms. The monoisotopic (exact) mass is 563 g/mol. The SMILES string of the molecule is C.CN(N)/C(=N\N)Sc1ccnc2c1CCc1cc(Cl)ccc1C2=C1CCN(C(=O)Cc2cccnc2)CC1. The summed E-state index contributed by atoms with van der Waals surface area (Å²) in [6, 6.07) is 11.9. The van der Waals surface area contributed by atoms with Gasteiger partial charge >= 0.3 is 0 Å². The lowest BCUT2D eigenvalue weighted by Gasteiger charge is -2.30. The highest BCUT2D eigenvalue weighted by Gasteiger charge is 2.28. The Morgan fingerprint density at radius 2 is 1.95 bits per heavy atom. The third-order valence-corrected chi connectivity index (χ3v) is 8.41. The maximum atomic E-state index is 13.0. The molecule has 5 rings (SSSR count). The van der Waals surface area contributed by atoms with Crippen molar-refractivity contribution in [3.8, 4) is 0 Å². The molecule has 1 amide bonds. The number of rotatable bonds is 3. The number of piperidine rings is 1. The number of aromatic nitrogens is 2. The molecule has 0 saturated carbocycles. The summed E-state index contributed by atoms with van der Waals surface area (Å²) < 4.78 is 0. The average Bonchev–Trinajstić information content (AvgIpc) is 3.09. The fourth-order valence-electron chi connectivity index (χ4n) is 5.14. The van der Waals surface area contributed by atoms with Crippen LogP contribution in [0, 0.1) is 0 Å². The molecule has 4 N–H and O–H groups in total. The number of aryl methyl sites for hydroxylation is 1. The molecule has 204 valence electrons. The standard InChI is InChI=1S/C28H30ClN7OS.CH4/c1-35(31)28(34-30)38-24-8-12-33-27-23(24)6-4-20-16-21(29)5-7-22(20)26(27)19-9-13-36(14-10-19)25(37)15-18-3-2-11-32-17-18;/h2-3,5,7-8,11-12,16-17H,4,6,9-10,13-15,30-31H2,1H3;1H4/b34-28+;. The number of nitrogens with two attached hydrogens (primary N) is 2. The largest absolute Gasteiger partial charge is 0.342 e. The van der Waals surface area contributed by atoms with Crippen molar-refractivity contribution in [3.05, 3.63) is 93.5 Å². The average molecular weight is 564 g/mol. The number of nitrogens with zero attached hydrogens (tertiary/aromatic N) is 5. The summed E-state index contributed by atoms with van der Waals surface area (Å²) in [5, 5.41) is 6.51. The number of fused-ring (bicyclic) bond motifs is 2. The lowest BCUT2D eigenvalue weighted by atomic mass is 9.88. The molecule has 1 fully saturated rings. The first-order chi connectivity index (χ1) is 18.4. The topological polar surface area (TPSA) is 114 Å². The number of thioether (sulfide) groups is 1. The van der Waals surface area contributed by atoms with Crippen LogP contribution in [0.2, 0.25) is 5.02 Å². The molecule has 2 aliphatic rings. The Morgan fingerprint density at radius 1 is 1.15 bits per heavy atom. The van der Waals surface area contributed by atoms with Crippen molar-refractivity contribution < 1.29 is 4.79 Å². The van der Waals surface area contributed by atoms with Crippen LogP contribution in [0.3, 0.4) is 0 Å². The van der Waals surface area contributed by atoms with E-state index in [0.29, 0.717) is 24.7 Å². The molecule has 3 aromatic rings. The zero-order valence-electron chi connectivity index (χ0n) is 21.2. The van der Waals surface area contributed by atoms with Crippen LogP contribution in [0.5, 0.6) is 0 Å². The van der Waals surface area contributed by atoms with Crippen LogP contribution in [0.1, 0.15) is 48.2 Å². The van der Waals surface area contributed by atoms with Crippen molar-refractivity contribution in [3.63, 3.8) is 0 Å². The van der Waals surface area contributed by atoms with Crippen molar-refractivity contribution in [2.45, 2.75) is 44.4 Å². The van der Waals surface area contributed by atoms with Gasteiger partial charge < -0.3 is 10.7 Å². The lowest BCUT2D eigenvalue weighted by Crippen LogP contribution is -2.37. The second kappa shape index (κ2) is 12.6. The molecular weight excluding hydrogens is 530 g/mol. The fraction of sp³-hybridized carbons (Fsp3) is 0.310. The van der Waals surface area contributed by atoms with Gasteiger partial charge in [0.1, 0.15) is 0 Å². The number of pyridine rings is 2. The van der Waals surface area contributed by atoms with E-state index in [4.69, 9.17) is 28.3 Å². The molecule has 1 saturated heterocycles. The van der Waals surface area contributed by atoms with Crippen LogP contribution in [0.25, 0.3) is 5.57 Å². The summed E-state index contributed by atoms with van der Waals surface area (Å²) in [6.45, 7) is 1.35. The second-order valence-corrected chi connectivity index (χ2v) is 10.9. The molecule has 3 heterocycles. The summed E-state index contributed by atoms with van der Waals surface area (Å²) in [7, 11) is 1.72. The van der Waals surface area contributed by atoms with E-state index in [-0.39, 0.29) is 13.3 Å². The predicted molar refractivity (Wildman–Crippen MR) is 159 cm³/mol. The van der Waals surface area contributed by atoms with E-state index in [1.54, 1.807) is 19.4 Å². The zero-order chi connectivity index (χ0) is 26.6. The lowest BCUT2D eigenvalue weighted by molar-refractivity contribution is -0.130. The number of carbonyl (C=O) groups excluding carboxylic acids is 1. The first-order valence-corrected chi connectivity index (χ1v) is 13.7. The molecule has 0 bridgehead atoms. The van der Waals surface area contributed by atoms with Gasteiger partial charge in [-0.1, -0.05) is 36.7 Å². The smallest absolute Gasteiger partial charge is 0.227 e. The van der Waals surface area contributed by atoms with Gasteiger partial charge in [0.25, 0.3) is 0 Å². The van der Waals surface area contributed by atoms with Crippen molar-refractivity contribution in [1.29, 1.82) is 0 Å². The van der Waals surface area contributed by atoms with E-state index in [0.717, 1.165) is 63.6 Å². The Kier molecular flexibility index (Phi) is 9.27. The summed E-state index contributed by atoms with van der Waals surface area (Å²) in [5.41, 5.74) is 7.87. The third-order valence-electron chi connectivity index (χ3n) is 7.00. The number of hydrazine groups is 1. The minimum Gasteiger partial charge on any atom is -0.342 e. The minimum atomic E-state index is 0. The van der Waals surface area contributed by atoms with E-state index in [1.165, 1.54) is 27.9 Å². The predicted octanol–water partition coefficient (Wildman–Crippen LogP) is 4.66. The second-order valence-electron chi connectivity index (χ2n) is 9.46. The number of halogens is 1. The summed E-state index contributed by atoms with van der Waals surface area (Å²) in [5.74, 6) is 11.7. The Bertz CT molecular complexity index is 1400. The maximum absolute atomic E-state index is 13.0. The van der Waals surface area contributed by atoms with Crippen LogP contribution in [0.15, 0.2) is 70.6 Å². The molecule has 1 aliphatic carbocycles. The van der Waals surface area contributed by atoms with Gasteiger partial charge in [-0.3, -0.25) is 19.8 Å². The Morgan fingerprint density at radius 3 is 2.64 bits per heavy atom. The Labute approximate surface area is 239 Å². The highest BCUT2D eigenvalue weighted by molar-refractivity contribution is 8.13. The van der Waals surface area contributed by atoms with Gasteiger partial charge in [0.05, 0.1) is 12.1 Å². The summed E-state index contributed by atoms with van der Waals surface area (Å²) >= 11 is 7.85. The van der Waals surface area contributed by atoms with Crippen LogP contribution in [-0.4, -0.2) is 51.1 Å². The maximum Gasteiger partial charge on any atom is 0.227 e. The molecule has 8 nitrogen and oxygen atoms in total. The van der Waals surface area contributed by atoms with Crippen molar-refractivity contribution in [1.82, 2.24) is 19.9 Å². The van der Waals surface area contributed by atoms with E-state index >= 15 is 0 Å². The van der Waals surface area contributed by atoms with Crippen LogP contribution in [0.4, 0.5) is 0 Å². The van der Waals surface area contributed by atoms with Crippen molar-refractivity contribution >= 4 is 40.0 Å². The van der Waals surface area contributed by atoms with Crippen molar-refractivity contribution in [2.75, 3.05) is 20.1 Å². The number of hydrazone groups is 1. The third kappa shape index (κ3) is 6.27. The number of carbonyl (C=O) groups is 1. The molecule has 1 aromatic carbocycles. The molecule has 0 unspecified atom stereocenters. The number of likely N-dealkylation sites (tertiary alicyclic amines) is 1. The Hall–Kier alpha value is -3.40. The van der Waals surface area contributed by atoms with Gasteiger partial charge in [-0.25, -0.2) is 5.84 Å². The quantitative estimate of drug-likeness (QED) is 0.157. The zero-order valence-corrected chi connectivity index (χ0v) is 22.8. The molecule has 0 atom stereocenters. The minimum absolute atomic E-state index is 0. The van der Waals surface area contributed by atoms with Gasteiger partial charge in [0.15, 0.2) is 0 Å². The fourth-order valence-corrected chi connectivity index (χ4v) is 6.18. The van der Waals surface area contributed by atoms with Gasteiger partial charge in [0.2, 0.25) is 11.1 Å². The molecule has 1 aliphatic heterocycles. The van der Waals surface area contributed by atoms with E-state index in [9.17, 15) is 4.79 Å². The summed E-state index contributed by atoms with van der Waals surface area (Å²) in [6.07, 6.45) is 8.89. The van der Waals surface area contributed by atoms with Crippen LogP contribution >= 0.6 is 23.4 Å². The molecule has 2 aromatic heterocycles. The van der Waals surface area contributed by atoms with E-state index in [2.05, 4.69) is 22.2 Å². The number of benzene rings is 1. The van der Waals surface area contributed by atoms with Gasteiger partial charge in [-0.15, -0.1) is 0 Å². The number of amides is 1. The van der Waals surface area contributed by atoms with E-state index in [1.807, 2.05) is 35.4 Å². The first-order valence-electron chi connectivity index (χ1n) is 12.5. The molecule has 0 radical (unpaired) electrons. The number of hydrogen-bond donors (Lipinski definition) is 2. The molecule has 10 heteroatoms. The summed E-state index contributed by atoms with van der Waals surface area (Å²) in [4.78, 5) is 25.0. The molecule has 0 spiro atoms. The van der Waals surface area contributed by atoms with Crippen molar-refractivity contribution in [2.24, 2.45) is 16.8 Å². The number of hydrogen-bond acceptors (Lipinski definition) is 7. The van der Waals surface area contributed by atoms with Gasteiger partial charge in [-0.2, -0.15) is 5.10 Å². The first kappa shape index (κ1) is 28.6. The van der Waals surface area contributed by atoms with Crippen LogP contribution < -0.4 is 11.7 Å². The molecular formula is C29H34ClN7OS. The van der Waals surface area contributed by atoms with Gasteiger partial charge in [0, 0.05) is 54.2 Å². The number of amidine groups is 1. The highest BCUT2D eigenvalue weighted by Crippen LogP contribution is 2.41. The van der Waals surface area contributed by atoms with Crippen LogP contribution in [-0.2, 0) is 24.1 Å². The normalized spacial score (nSPS) is 15.2. The highest BCUT2D eigenvalue weighted by atomic mass is 35.5.